The number of urea groups is 2. The fraction of sp³-hybridized carbons (Fsp3) is 0.529. The number of amides is 6. The zero-order chi connectivity index (χ0) is 32.8. The van der Waals surface area contributed by atoms with Crippen LogP contribution in [0.15, 0.2) is 48.5 Å². The average Bonchev–Trinajstić information content (AvgIpc) is 3.52. The summed E-state index contributed by atoms with van der Waals surface area (Å²) in [5.41, 5.74) is 2.04. The van der Waals surface area contributed by atoms with E-state index in [9.17, 15) is 19.2 Å². The fourth-order valence-electron chi connectivity index (χ4n) is 6.65. The molecular formula is C34H42Cl2N4O4S2. The lowest BCUT2D eigenvalue weighted by molar-refractivity contribution is 0.182. The van der Waals surface area contributed by atoms with E-state index in [-0.39, 0.29) is 57.2 Å². The first kappa shape index (κ1) is 34.9. The van der Waals surface area contributed by atoms with E-state index in [1.807, 2.05) is 62.4 Å². The quantitative estimate of drug-likeness (QED) is 0.329. The second kappa shape index (κ2) is 16.1. The van der Waals surface area contributed by atoms with E-state index < -0.39 is 0 Å². The number of hydrogen-bond acceptors (Lipinski definition) is 6. The Kier molecular flexibility index (Phi) is 12.2. The maximum Gasteiger partial charge on any atom is 0.325 e. The minimum Gasteiger partial charge on any atom is -0.335 e. The monoisotopic (exact) mass is 704 g/mol. The van der Waals surface area contributed by atoms with E-state index in [0.717, 1.165) is 62.5 Å². The van der Waals surface area contributed by atoms with Crippen molar-refractivity contribution in [1.82, 2.24) is 20.4 Å². The largest absolute Gasteiger partial charge is 0.335 e. The van der Waals surface area contributed by atoms with Gasteiger partial charge in [0.05, 0.1) is 22.6 Å². The molecule has 6 amide bonds. The van der Waals surface area contributed by atoms with Crippen LogP contribution in [-0.2, 0) is 0 Å². The van der Waals surface area contributed by atoms with Crippen LogP contribution >= 0.6 is 46.7 Å². The predicted molar refractivity (Wildman–Crippen MR) is 188 cm³/mol. The molecule has 2 aliphatic carbocycles. The molecule has 0 bridgehead atoms. The van der Waals surface area contributed by atoms with Crippen LogP contribution in [0.4, 0.5) is 19.2 Å². The molecule has 8 nitrogen and oxygen atoms in total. The Hall–Kier alpha value is -2.40. The number of carbonyl (C=O) groups is 4. The number of benzene rings is 2. The van der Waals surface area contributed by atoms with Crippen molar-refractivity contribution in [2.75, 3.05) is 0 Å². The van der Waals surface area contributed by atoms with Crippen LogP contribution in [-0.4, -0.2) is 56.5 Å². The summed E-state index contributed by atoms with van der Waals surface area (Å²) in [6.45, 7) is 3.86. The molecule has 2 saturated carbocycles. The molecular weight excluding hydrogens is 663 g/mol. The Morgan fingerprint density at radius 3 is 1.26 bits per heavy atom. The molecule has 248 valence electrons. The predicted octanol–water partition coefficient (Wildman–Crippen LogP) is 9.96. The number of carbonyl (C=O) groups excluding carboxylic acids is 4. The minimum atomic E-state index is -0.252. The first-order valence-corrected chi connectivity index (χ1v) is 18.8. The van der Waals surface area contributed by atoms with Crippen LogP contribution < -0.4 is 10.6 Å². The third-order valence-corrected chi connectivity index (χ3v) is 12.4. The summed E-state index contributed by atoms with van der Waals surface area (Å²) in [5.74, 6) is 0. The molecule has 2 aromatic carbocycles. The molecule has 4 aliphatic rings. The summed E-state index contributed by atoms with van der Waals surface area (Å²) < 4.78 is 0. The van der Waals surface area contributed by atoms with E-state index in [1.54, 1.807) is 0 Å². The van der Waals surface area contributed by atoms with Crippen LogP contribution in [0.2, 0.25) is 10.0 Å². The highest BCUT2D eigenvalue weighted by atomic mass is 35.5. The van der Waals surface area contributed by atoms with Gasteiger partial charge in [0.1, 0.15) is 0 Å². The van der Waals surface area contributed by atoms with Crippen molar-refractivity contribution in [2.45, 2.75) is 113 Å². The minimum absolute atomic E-state index is 0.0446. The molecule has 0 spiro atoms. The molecule has 2 saturated heterocycles. The number of imide groups is 2. The molecule has 2 aliphatic heterocycles. The fourth-order valence-corrected chi connectivity index (χ4v) is 9.28. The van der Waals surface area contributed by atoms with Crippen LogP contribution in [0.3, 0.4) is 0 Å². The topological polar surface area (TPSA) is 98.8 Å². The van der Waals surface area contributed by atoms with Gasteiger partial charge < -0.3 is 10.6 Å². The Morgan fingerprint density at radius 2 is 0.935 bits per heavy atom. The Balaban J connectivity index is 0.000000181. The summed E-state index contributed by atoms with van der Waals surface area (Å²) >= 11 is 14.3. The van der Waals surface area contributed by atoms with Gasteiger partial charge in [-0.15, -0.1) is 0 Å². The van der Waals surface area contributed by atoms with Gasteiger partial charge in [-0.1, -0.05) is 110 Å². The van der Waals surface area contributed by atoms with Crippen LogP contribution in [0.25, 0.3) is 0 Å². The second-order valence-corrected chi connectivity index (χ2v) is 15.6. The van der Waals surface area contributed by atoms with Gasteiger partial charge in [-0.3, -0.25) is 19.4 Å². The lowest BCUT2D eigenvalue weighted by Crippen LogP contribution is -2.48. The van der Waals surface area contributed by atoms with Gasteiger partial charge in [0, 0.05) is 22.1 Å². The van der Waals surface area contributed by atoms with Gasteiger partial charge in [-0.25, -0.2) is 9.59 Å². The SMILES string of the molecule is C[C@H]1[C@H](c2ccc(Cl)cc2)SC(=O)N1C(=O)NC1CCCCC1.C[C@H]1[C@H](c2ccc(Cl)cc2)SC(=O)N1C(=O)NC1CCCCC1. The summed E-state index contributed by atoms with van der Waals surface area (Å²) in [5, 5.41) is 6.97. The van der Waals surface area contributed by atoms with E-state index in [0.29, 0.717) is 10.0 Å². The number of hydrogen-bond donors (Lipinski definition) is 2. The Bertz CT molecular complexity index is 1280. The van der Waals surface area contributed by atoms with Gasteiger partial charge in [0.25, 0.3) is 10.5 Å². The van der Waals surface area contributed by atoms with Crippen molar-refractivity contribution in [1.29, 1.82) is 0 Å². The molecule has 0 radical (unpaired) electrons. The first-order chi connectivity index (χ1) is 22.1. The number of halogens is 2. The van der Waals surface area contributed by atoms with Crippen molar-refractivity contribution < 1.29 is 19.2 Å². The molecule has 4 fully saturated rings. The molecule has 0 unspecified atom stereocenters. The molecule has 46 heavy (non-hydrogen) atoms. The molecule has 2 N–H and O–H groups in total. The summed E-state index contributed by atoms with van der Waals surface area (Å²) in [7, 11) is 0. The summed E-state index contributed by atoms with van der Waals surface area (Å²) in [6, 6.07) is 14.5. The molecule has 12 heteroatoms. The van der Waals surface area contributed by atoms with E-state index >= 15 is 0 Å². The van der Waals surface area contributed by atoms with Crippen molar-refractivity contribution in [2.24, 2.45) is 0 Å². The third kappa shape index (κ3) is 8.54. The Labute approximate surface area is 290 Å². The average molecular weight is 706 g/mol. The summed E-state index contributed by atoms with van der Waals surface area (Å²) in [4.78, 5) is 52.4. The van der Waals surface area contributed by atoms with Gasteiger partial charge in [0.2, 0.25) is 0 Å². The number of thioether (sulfide) groups is 2. The Morgan fingerprint density at radius 1 is 0.609 bits per heavy atom. The highest BCUT2D eigenvalue weighted by Gasteiger charge is 2.44. The molecule has 2 heterocycles. The summed E-state index contributed by atoms with van der Waals surface area (Å²) in [6.07, 6.45) is 11.1. The number of nitrogens with one attached hydrogen (secondary N) is 2. The normalized spacial score (nSPS) is 25.7. The van der Waals surface area contributed by atoms with E-state index in [1.165, 1.54) is 46.2 Å². The van der Waals surface area contributed by atoms with Gasteiger partial charge in [-0.05, 0) is 74.9 Å². The van der Waals surface area contributed by atoms with Crippen LogP contribution in [0.5, 0.6) is 0 Å². The molecule has 4 atom stereocenters. The molecule has 2 aromatic rings. The van der Waals surface area contributed by atoms with Gasteiger partial charge in [0.15, 0.2) is 0 Å². The lowest BCUT2D eigenvalue weighted by Gasteiger charge is -2.27. The smallest absolute Gasteiger partial charge is 0.325 e. The van der Waals surface area contributed by atoms with E-state index in [4.69, 9.17) is 23.2 Å². The van der Waals surface area contributed by atoms with Crippen molar-refractivity contribution in [3.8, 4) is 0 Å². The lowest BCUT2D eigenvalue weighted by atomic mass is 9.96. The zero-order valence-corrected chi connectivity index (χ0v) is 29.4. The molecule has 0 aromatic heterocycles. The van der Waals surface area contributed by atoms with Crippen molar-refractivity contribution in [3.63, 3.8) is 0 Å². The first-order valence-electron chi connectivity index (χ1n) is 16.2. The third-order valence-electron chi connectivity index (χ3n) is 9.24. The van der Waals surface area contributed by atoms with Crippen LogP contribution in [0.1, 0.15) is 99.7 Å². The van der Waals surface area contributed by atoms with Gasteiger partial charge in [-0.2, -0.15) is 0 Å². The highest BCUT2D eigenvalue weighted by Crippen LogP contribution is 2.44. The maximum absolute atomic E-state index is 12.5. The second-order valence-electron chi connectivity index (χ2n) is 12.5. The van der Waals surface area contributed by atoms with Crippen molar-refractivity contribution >= 4 is 69.3 Å². The number of rotatable bonds is 4. The zero-order valence-electron chi connectivity index (χ0n) is 26.3. The van der Waals surface area contributed by atoms with E-state index in [2.05, 4.69) is 10.6 Å². The van der Waals surface area contributed by atoms with Crippen LogP contribution in [0, 0.1) is 0 Å². The van der Waals surface area contributed by atoms with Crippen molar-refractivity contribution in [3.05, 3.63) is 69.7 Å². The maximum atomic E-state index is 12.5. The van der Waals surface area contributed by atoms with Gasteiger partial charge >= 0.3 is 12.1 Å². The standard InChI is InChI=1S/2C17H21ClN2O2S/c2*1-11-15(12-7-9-13(18)10-8-12)23-17(22)20(11)16(21)19-14-5-3-2-4-6-14/h2*7-11,14-15H,2-6H2,1H3,(H,19,21)/t2*11-,15+/m00/s1. The number of nitrogens with zero attached hydrogens (tertiary/aromatic N) is 2. The highest BCUT2D eigenvalue weighted by molar-refractivity contribution is 8.14. The molecule has 6 rings (SSSR count).